The van der Waals surface area contributed by atoms with E-state index in [4.69, 9.17) is 27.9 Å². The highest BCUT2D eigenvalue weighted by Crippen LogP contribution is 2.29. The second-order valence-electron chi connectivity index (χ2n) is 5.53. The fraction of sp³-hybridized carbons (Fsp3) is 0.438. The van der Waals surface area contributed by atoms with E-state index in [1.165, 1.54) is 0 Å². The van der Waals surface area contributed by atoms with Crippen molar-refractivity contribution in [2.24, 2.45) is 0 Å². The monoisotopic (exact) mass is 404 g/mol. The molecule has 1 aromatic rings. The Morgan fingerprint density at radius 3 is 2.64 bits per heavy atom. The van der Waals surface area contributed by atoms with Gasteiger partial charge >= 0.3 is 12.0 Å². The van der Waals surface area contributed by atoms with E-state index in [0.717, 1.165) is 37.4 Å². The van der Waals surface area contributed by atoms with E-state index in [1.54, 1.807) is 18.2 Å². The molecule has 9 heteroatoms. The molecule has 3 amide bonds. The summed E-state index contributed by atoms with van der Waals surface area (Å²) in [5.41, 5.74) is 0. The summed E-state index contributed by atoms with van der Waals surface area (Å²) in [6.45, 7) is -0.513. The maximum absolute atomic E-state index is 11.7. The van der Waals surface area contributed by atoms with E-state index in [9.17, 15) is 14.4 Å². The van der Waals surface area contributed by atoms with Crippen molar-refractivity contribution in [3.05, 3.63) is 28.2 Å². The molecule has 25 heavy (non-hydrogen) atoms. The van der Waals surface area contributed by atoms with Crippen LogP contribution in [0.3, 0.4) is 0 Å². The number of carbonyl (C=O) groups is 3. The van der Waals surface area contributed by atoms with Gasteiger partial charge in [0.1, 0.15) is 0 Å². The summed E-state index contributed by atoms with van der Waals surface area (Å²) < 4.78 is 4.84. The lowest BCUT2D eigenvalue weighted by atomic mass is 10.2. The summed E-state index contributed by atoms with van der Waals surface area (Å²) >= 11 is 13.0. The van der Waals surface area contributed by atoms with Gasteiger partial charge in [0, 0.05) is 16.0 Å². The molecule has 0 unspecified atom stereocenters. The number of carbonyl (C=O) groups excluding carboxylic acids is 3. The Morgan fingerprint density at radius 1 is 1.20 bits per heavy atom. The number of halogens is 2. The number of thioether (sulfide) groups is 1. The van der Waals surface area contributed by atoms with E-state index in [-0.39, 0.29) is 11.8 Å². The Balaban J connectivity index is 1.65. The molecule has 2 N–H and O–H groups in total. The first-order valence-corrected chi connectivity index (χ1v) is 9.52. The summed E-state index contributed by atoms with van der Waals surface area (Å²) in [5.74, 6) is -1.29. The Bertz CT molecular complexity index is 651. The Labute approximate surface area is 160 Å². The number of nitrogens with one attached hydrogen (secondary N) is 2. The molecule has 0 heterocycles. The average Bonchev–Trinajstić information content (AvgIpc) is 3.06. The van der Waals surface area contributed by atoms with Gasteiger partial charge in [-0.2, -0.15) is 0 Å². The first kappa shape index (κ1) is 19.9. The zero-order chi connectivity index (χ0) is 18.2. The fourth-order valence-electron chi connectivity index (χ4n) is 2.37. The van der Waals surface area contributed by atoms with Crippen LogP contribution in [0.25, 0.3) is 0 Å². The van der Waals surface area contributed by atoms with Crippen LogP contribution in [0, 0.1) is 0 Å². The largest absolute Gasteiger partial charge is 0.455 e. The van der Waals surface area contributed by atoms with Crippen molar-refractivity contribution in [1.29, 1.82) is 0 Å². The van der Waals surface area contributed by atoms with Gasteiger partial charge < -0.3 is 10.1 Å². The minimum absolute atomic E-state index is 0.0262. The molecule has 1 aromatic carbocycles. The summed E-state index contributed by atoms with van der Waals surface area (Å²) in [5, 5.41) is 5.84. The van der Waals surface area contributed by atoms with E-state index in [1.807, 2.05) is 0 Å². The van der Waals surface area contributed by atoms with E-state index >= 15 is 0 Å². The standard InChI is InChI=1S/C16H18Cl2N2O4S/c17-10-5-6-12(18)13(7-10)25-9-15(22)24-8-14(21)20-16(23)19-11-3-1-2-4-11/h5-7,11H,1-4,8-9H2,(H2,19,20,21,23). The molecule has 6 nitrogen and oxygen atoms in total. The van der Waals surface area contributed by atoms with E-state index in [2.05, 4.69) is 10.6 Å². The summed E-state index contributed by atoms with van der Waals surface area (Å²) in [6.07, 6.45) is 3.98. The normalized spacial score (nSPS) is 14.2. The molecule has 0 aromatic heterocycles. The lowest BCUT2D eigenvalue weighted by Gasteiger charge is -2.12. The van der Waals surface area contributed by atoms with Crippen LogP contribution in [0.2, 0.25) is 10.0 Å². The number of rotatable bonds is 6. The SMILES string of the molecule is O=C(COC(=O)CSc1cc(Cl)ccc1Cl)NC(=O)NC1CCCC1. The highest BCUT2D eigenvalue weighted by molar-refractivity contribution is 8.00. The summed E-state index contributed by atoms with van der Waals surface area (Å²) in [7, 11) is 0. The van der Waals surface area contributed by atoms with Gasteiger partial charge in [0.05, 0.1) is 10.8 Å². The molecule has 136 valence electrons. The molecular formula is C16H18Cl2N2O4S. The van der Waals surface area contributed by atoms with E-state index < -0.39 is 24.5 Å². The number of amides is 3. The van der Waals surface area contributed by atoms with Gasteiger partial charge in [-0.25, -0.2) is 4.79 Å². The molecule has 0 spiro atoms. The first-order chi connectivity index (χ1) is 11.9. The predicted octanol–water partition coefficient (Wildman–Crippen LogP) is 3.40. The topological polar surface area (TPSA) is 84.5 Å². The molecular weight excluding hydrogens is 387 g/mol. The maximum Gasteiger partial charge on any atom is 0.321 e. The number of hydrogen-bond donors (Lipinski definition) is 2. The van der Waals surface area contributed by atoms with Crippen molar-refractivity contribution in [2.45, 2.75) is 36.6 Å². The Hall–Kier alpha value is -1.44. The number of imide groups is 1. The third-order valence-corrected chi connectivity index (χ3v) is 5.25. The smallest absolute Gasteiger partial charge is 0.321 e. The van der Waals surface area contributed by atoms with Gasteiger partial charge in [0.25, 0.3) is 5.91 Å². The molecule has 1 fully saturated rings. The zero-order valence-electron chi connectivity index (χ0n) is 13.3. The van der Waals surface area contributed by atoms with Gasteiger partial charge in [-0.05, 0) is 31.0 Å². The van der Waals surface area contributed by atoms with Crippen molar-refractivity contribution in [2.75, 3.05) is 12.4 Å². The molecule has 0 bridgehead atoms. The van der Waals surface area contributed by atoms with Gasteiger partial charge in [0.2, 0.25) is 0 Å². The van der Waals surface area contributed by atoms with Crippen molar-refractivity contribution < 1.29 is 19.1 Å². The van der Waals surface area contributed by atoms with Gasteiger partial charge in [-0.1, -0.05) is 36.0 Å². The summed E-state index contributed by atoms with van der Waals surface area (Å²) in [6, 6.07) is 4.46. The molecule has 0 saturated heterocycles. The van der Waals surface area contributed by atoms with Gasteiger partial charge in [0.15, 0.2) is 6.61 Å². The maximum atomic E-state index is 11.7. The molecule has 0 radical (unpaired) electrons. The number of esters is 1. The molecule has 0 aliphatic heterocycles. The minimum atomic E-state index is -0.672. The highest BCUT2D eigenvalue weighted by Gasteiger charge is 2.18. The highest BCUT2D eigenvalue weighted by atomic mass is 35.5. The van der Waals surface area contributed by atoms with Crippen LogP contribution in [0.15, 0.2) is 23.1 Å². The molecule has 1 saturated carbocycles. The molecule has 0 atom stereocenters. The quantitative estimate of drug-likeness (QED) is 0.560. The number of benzene rings is 1. The zero-order valence-corrected chi connectivity index (χ0v) is 15.7. The fourth-order valence-corrected chi connectivity index (χ4v) is 3.66. The van der Waals surface area contributed by atoms with Gasteiger partial charge in [-0.3, -0.25) is 14.9 Å². The molecule has 1 aliphatic rings. The van der Waals surface area contributed by atoms with Crippen LogP contribution >= 0.6 is 35.0 Å². The lowest BCUT2D eigenvalue weighted by molar-refractivity contribution is -0.145. The second-order valence-corrected chi connectivity index (χ2v) is 7.39. The third-order valence-electron chi connectivity index (χ3n) is 3.55. The van der Waals surface area contributed by atoms with Crippen LogP contribution in [0.1, 0.15) is 25.7 Å². The van der Waals surface area contributed by atoms with Crippen LogP contribution in [0.4, 0.5) is 4.79 Å². The number of hydrogen-bond acceptors (Lipinski definition) is 5. The van der Waals surface area contributed by atoms with Crippen LogP contribution < -0.4 is 10.6 Å². The number of ether oxygens (including phenoxy) is 1. The van der Waals surface area contributed by atoms with Crippen molar-refractivity contribution in [1.82, 2.24) is 10.6 Å². The number of urea groups is 1. The first-order valence-electron chi connectivity index (χ1n) is 7.78. The van der Waals surface area contributed by atoms with Gasteiger partial charge in [-0.15, -0.1) is 11.8 Å². The Kier molecular flexibility index (Phi) is 7.87. The second kappa shape index (κ2) is 9.89. The minimum Gasteiger partial charge on any atom is -0.455 e. The van der Waals surface area contributed by atoms with E-state index in [0.29, 0.717) is 14.9 Å². The van der Waals surface area contributed by atoms with Crippen molar-refractivity contribution in [3.63, 3.8) is 0 Å². The van der Waals surface area contributed by atoms with Crippen LogP contribution in [-0.4, -0.2) is 36.3 Å². The average molecular weight is 405 g/mol. The third kappa shape index (κ3) is 7.13. The Morgan fingerprint density at radius 2 is 1.92 bits per heavy atom. The van der Waals surface area contributed by atoms with Crippen LogP contribution in [0.5, 0.6) is 0 Å². The molecule has 1 aliphatic carbocycles. The molecule has 2 rings (SSSR count). The summed E-state index contributed by atoms with van der Waals surface area (Å²) in [4.78, 5) is 35.6. The van der Waals surface area contributed by atoms with Crippen LogP contribution in [-0.2, 0) is 14.3 Å². The lowest BCUT2D eigenvalue weighted by Crippen LogP contribution is -2.45. The predicted molar refractivity (Wildman–Crippen MR) is 97.1 cm³/mol. The van der Waals surface area contributed by atoms with Crippen molar-refractivity contribution in [3.8, 4) is 0 Å². The van der Waals surface area contributed by atoms with Crippen molar-refractivity contribution >= 4 is 52.9 Å².